The van der Waals surface area contributed by atoms with Gasteiger partial charge in [-0.3, -0.25) is 14.5 Å². The number of likely N-dealkylation sites (tertiary alicyclic amines) is 1. The number of amides is 2. The van der Waals surface area contributed by atoms with Gasteiger partial charge in [0.25, 0.3) is 5.91 Å². The Hall–Kier alpha value is -2.66. The van der Waals surface area contributed by atoms with E-state index < -0.39 is 0 Å². The highest BCUT2D eigenvalue weighted by Gasteiger charge is 2.13. The van der Waals surface area contributed by atoms with Crippen molar-refractivity contribution in [3.05, 3.63) is 70.8 Å². The summed E-state index contributed by atoms with van der Waals surface area (Å²) >= 11 is 0. The van der Waals surface area contributed by atoms with E-state index in [9.17, 15) is 9.59 Å². The fraction of sp³-hybridized carbons (Fsp3) is 0.417. The van der Waals surface area contributed by atoms with Gasteiger partial charge < -0.3 is 10.6 Å². The van der Waals surface area contributed by atoms with E-state index in [0.717, 1.165) is 30.8 Å². The SMILES string of the molecule is Cc1ccccc1C(=O)NCCC(=O)NCc1ccccc1CN1CCCCC1. The second kappa shape index (κ2) is 10.8. The van der Waals surface area contributed by atoms with Crippen molar-refractivity contribution in [2.75, 3.05) is 19.6 Å². The summed E-state index contributed by atoms with van der Waals surface area (Å²) in [6, 6.07) is 15.8. The van der Waals surface area contributed by atoms with Gasteiger partial charge in [0.15, 0.2) is 0 Å². The molecule has 5 heteroatoms. The molecule has 1 heterocycles. The van der Waals surface area contributed by atoms with Crippen molar-refractivity contribution in [3.8, 4) is 0 Å². The Morgan fingerprint density at radius 2 is 1.59 bits per heavy atom. The van der Waals surface area contributed by atoms with Crippen molar-refractivity contribution in [2.45, 2.75) is 45.7 Å². The molecule has 2 aromatic carbocycles. The lowest BCUT2D eigenvalue weighted by atomic mass is 10.0. The van der Waals surface area contributed by atoms with Crippen LogP contribution in [0.25, 0.3) is 0 Å². The smallest absolute Gasteiger partial charge is 0.251 e. The molecule has 29 heavy (non-hydrogen) atoms. The molecule has 2 amide bonds. The van der Waals surface area contributed by atoms with Crippen molar-refractivity contribution >= 4 is 11.8 Å². The number of nitrogens with zero attached hydrogens (tertiary/aromatic N) is 1. The number of nitrogens with one attached hydrogen (secondary N) is 2. The molecule has 0 radical (unpaired) electrons. The molecule has 1 fully saturated rings. The first kappa shape index (κ1) is 21.1. The Labute approximate surface area is 173 Å². The Balaban J connectivity index is 1.43. The van der Waals surface area contributed by atoms with E-state index in [1.807, 2.05) is 31.2 Å². The normalized spacial score (nSPS) is 14.4. The molecule has 2 N–H and O–H groups in total. The van der Waals surface area contributed by atoms with Gasteiger partial charge in [-0.15, -0.1) is 0 Å². The van der Waals surface area contributed by atoms with Crippen LogP contribution >= 0.6 is 0 Å². The Morgan fingerprint density at radius 1 is 0.897 bits per heavy atom. The van der Waals surface area contributed by atoms with Crippen molar-refractivity contribution in [3.63, 3.8) is 0 Å². The molecule has 1 aliphatic rings. The van der Waals surface area contributed by atoms with Crippen molar-refractivity contribution < 1.29 is 9.59 Å². The predicted molar refractivity (Wildman–Crippen MR) is 116 cm³/mol. The highest BCUT2D eigenvalue weighted by molar-refractivity contribution is 5.95. The Bertz CT molecular complexity index is 828. The third-order valence-corrected chi connectivity index (χ3v) is 5.46. The van der Waals surface area contributed by atoms with E-state index >= 15 is 0 Å². The highest BCUT2D eigenvalue weighted by Crippen LogP contribution is 2.16. The topological polar surface area (TPSA) is 61.4 Å². The van der Waals surface area contributed by atoms with Crippen LogP contribution in [0.2, 0.25) is 0 Å². The zero-order valence-electron chi connectivity index (χ0n) is 17.2. The van der Waals surface area contributed by atoms with E-state index in [-0.39, 0.29) is 18.2 Å². The number of benzene rings is 2. The monoisotopic (exact) mass is 393 g/mol. The average Bonchev–Trinajstić information content (AvgIpc) is 2.74. The van der Waals surface area contributed by atoms with Crippen LogP contribution in [0.3, 0.4) is 0 Å². The van der Waals surface area contributed by atoms with Gasteiger partial charge in [-0.05, 0) is 55.6 Å². The minimum absolute atomic E-state index is 0.0529. The molecule has 0 saturated carbocycles. The minimum atomic E-state index is -0.136. The number of aryl methyl sites for hydroxylation is 1. The van der Waals surface area contributed by atoms with Gasteiger partial charge in [-0.1, -0.05) is 48.9 Å². The molecule has 1 saturated heterocycles. The van der Waals surface area contributed by atoms with Crippen LogP contribution < -0.4 is 10.6 Å². The molecule has 2 aromatic rings. The molecule has 0 aliphatic carbocycles. The number of hydrogen-bond acceptors (Lipinski definition) is 3. The maximum atomic E-state index is 12.2. The predicted octanol–water partition coefficient (Wildman–Crippen LogP) is 3.42. The van der Waals surface area contributed by atoms with Crippen LogP contribution in [0.1, 0.15) is 52.7 Å². The Morgan fingerprint density at radius 3 is 2.34 bits per heavy atom. The summed E-state index contributed by atoms with van der Waals surface area (Å²) in [5.74, 6) is -0.189. The van der Waals surface area contributed by atoms with E-state index in [2.05, 4.69) is 33.7 Å². The molecule has 0 bridgehead atoms. The summed E-state index contributed by atoms with van der Waals surface area (Å²) < 4.78 is 0. The number of carbonyl (C=O) groups excluding carboxylic acids is 2. The molecule has 0 unspecified atom stereocenters. The van der Waals surface area contributed by atoms with Gasteiger partial charge >= 0.3 is 0 Å². The third-order valence-electron chi connectivity index (χ3n) is 5.46. The Kier molecular flexibility index (Phi) is 7.82. The lowest BCUT2D eigenvalue weighted by Gasteiger charge is -2.27. The lowest BCUT2D eigenvalue weighted by molar-refractivity contribution is -0.121. The van der Waals surface area contributed by atoms with Gasteiger partial charge in [0.2, 0.25) is 5.91 Å². The number of hydrogen-bond donors (Lipinski definition) is 2. The van der Waals surface area contributed by atoms with Crippen molar-refractivity contribution in [1.82, 2.24) is 15.5 Å². The first-order valence-corrected chi connectivity index (χ1v) is 10.5. The standard InChI is InChI=1S/C24H31N3O2/c1-19-9-3-6-12-22(19)24(29)25-14-13-23(28)26-17-20-10-4-5-11-21(20)18-27-15-7-2-8-16-27/h3-6,9-12H,2,7-8,13-18H2,1H3,(H,25,29)(H,26,28). The molecule has 0 spiro atoms. The summed E-state index contributed by atoms with van der Waals surface area (Å²) in [6.45, 7) is 6.01. The summed E-state index contributed by atoms with van der Waals surface area (Å²) in [5.41, 5.74) is 4.03. The van der Waals surface area contributed by atoms with Crippen LogP contribution in [0, 0.1) is 6.92 Å². The molecule has 3 rings (SSSR count). The van der Waals surface area contributed by atoms with Gasteiger partial charge in [0, 0.05) is 31.6 Å². The first-order valence-electron chi connectivity index (χ1n) is 10.5. The van der Waals surface area contributed by atoms with Gasteiger partial charge in [0.05, 0.1) is 0 Å². The van der Waals surface area contributed by atoms with E-state index in [1.54, 1.807) is 6.07 Å². The lowest BCUT2D eigenvalue weighted by Crippen LogP contribution is -2.32. The number of carbonyl (C=O) groups is 2. The second-order valence-electron chi connectivity index (χ2n) is 7.70. The first-order chi connectivity index (χ1) is 14.1. The third kappa shape index (κ3) is 6.43. The maximum absolute atomic E-state index is 12.2. The molecule has 1 aliphatic heterocycles. The number of rotatable bonds is 8. The largest absolute Gasteiger partial charge is 0.352 e. The summed E-state index contributed by atoms with van der Waals surface area (Å²) in [4.78, 5) is 26.9. The molecule has 154 valence electrons. The fourth-order valence-electron chi connectivity index (χ4n) is 3.74. The molecule has 0 atom stereocenters. The van der Waals surface area contributed by atoms with Crippen molar-refractivity contribution in [2.24, 2.45) is 0 Å². The maximum Gasteiger partial charge on any atom is 0.251 e. The van der Waals surface area contributed by atoms with Gasteiger partial charge in [-0.2, -0.15) is 0 Å². The molecular formula is C24H31N3O2. The van der Waals surface area contributed by atoms with Gasteiger partial charge in [-0.25, -0.2) is 0 Å². The van der Waals surface area contributed by atoms with Crippen LogP contribution in [-0.4, -0.2) is 36.3 Å². The van der Waals surface area contributed by atoms with E-state index in [4.69, 9.17) is 0 Å². The van der Waals surface area contributed by atoms with Crippen LogP contribution in [-0.2, 0) is 17.9 Å². The summed E-state index contributed by atoms with van der Waals surface area (Å²) in [7, 11) is 0. The zero-order valence-corrected chi connectivity index (χ0v) is 17.2. The second-order valence-corrected chi connectivity index (χ2v) is 7.70. The van der Waals surface area contributed by atoms with Gasteiger partial charge in [0.1, 0.15) is 0 Å². The molecule has 5 nitrogen and oxygen atoms in total. The zero-order chi connectivity index (χ0) is 20.5. The van der Waals surface area contributed by atoms with Crippen LogP contribution in [0.5, 0.6) is 0 Å². The average molecular weight is 394 g/mol. The fourth-order valence-corrected chi connectivity index (χ4v) is 3.74. The highest BCUT2D eigenvalue weighted by atomic mass is 16.2. The number of piperidine rings is 1. The van der Waals surface area contributed by atoms with E-state index in [1.165, 1.54) is 24.8 Å². The molecule has 0 aromatic heterocycles. The quantitative estimate of drug-likeness (QED) is 0.722. The minimum Gasteiger partial charge on any atom is -0.352 e. The summed E-state index contributed by atoms with van der Waals surface area (Å²) in [6.07, 6.45) is 4.14. The van der Waals surface area contributed by atoms with Crippen molar-refractivity contribution in [1.29, 1.82) is 0 Å². The molecular weight excluding hydrogens is 362 g/mol. The van der Waals surface area contributed by atoms with Crippen LogP contribution in [0.15, 0.2) is 48.5 Å². The van der Waals surface area contributed by atoms with E-state index in [0.29, 0.717) is 18.7 Å². The van der Waals surface area contributed by atoms with Crippen LogP contribution in [0.4, 0.5) is 0 Å². The summed E-state index contributed by atoms with van der Waals surface area (Å²) in [5, 5.41) is 5.82.